The molecule has 2 aliphatic rings. The Bertz CT molecular complexity index is 924. The SMILES string of the molecule is O=C(OCc1ccc(C(=O)N2CCCC2)cc1)c1cc2c([nH]c1=O)CCC2. The van der Waals surface area contributed by atoms with Gasteiger partial charge in [-0.1, -0.05) is 12.1 Å². The van der Waals surface area contributed by atoms with Gasteiger partial charge in [-0.2, -0.15) is 0 Å². The molecule has 1 aliphatic heterocycles. The van der Waals surface area contributed by atoms with Crippen molar-refractivity contribution in [3.63, 3.8) is 0 Å². The second-order valence-electron chi connectivity index (χ2n) is 7.14. The Morgan fingerprint density at radius 3 is 2.52 bits per heavy atom. The fourth-order valence-corrected chi connectivity index (χ4v) is 3.74. The number of pyridine rings is 1. The number of nitrogens with zero attached hydrogens (tertiary/aromatic N) is 1. The first-order valence-corrected chi connectivity index (χ1v) is 9.42. The molecule has 0 spiro atoms. The van der Waals surface area contributed by atoms with Gasteiger partial charge >= 0.3 is 5.97 Å². The van der Waals surface area contributed by atoms with Crippen molar-refractivity contribution in [3.8, 4) is 0 Å². The van der Waals surface area contributed by atoms with Gasteiger partial charge in [0.05, 0.1) is 0 Å². The van der Waals surface area contributed by atoms with Crippen LogP contribution in [0.25, 0.3) is 0 Å². The molecule has 1 aromatic carbocycles. The number of benzene rings is 1. The van der Waals surface area contributed by atoms with Gasteiger partial charge in [-0.15, -0.1) is 0 Å². The van der Waals surface area contributed by atoms with E-state index in [0.717, 1.165) is 62.0 Å². The third-order valence-corrected chi connectivity index (χ3v) is 5.27. The van der Waals surface area contributed by atoms with E-state index in [-0.39, 0.29) is 18.1 Å². The van der Waals surface area contributed by atoms with Crippen molar-refractivity contribution in [1.82, 2.24) is 9.88 Å². The first kappa shape index (κ1) is 17.5. The molecule has 6 nitrogen and oxygen atoms in total. The molecule has 2 aromatic rings. The summed E-state index contributed by atoms with van der Waals surface area (Å²) in [6.07, 6.45) is 4.83. The largest absolute Gasteiger partial charge is 0.457 e. The maximum Gasteiger partial charge on any atom is 0.344 e. The van der Waals surface area contributed by atoms with Crippen molar-refractivity contribution in [2.45, 2.75) is 38.7 Å². The molecule has 0 saturated carbocycles. The van der Waals surface area contributed by atoms with E-state index in [1.165, 1.54) is 0 Å². The van der Waals surface area contributed by atoms with E-state index in [1.54, 1.807) is 30.3 Å². The summed E-state index contributed by atoms with van der Waals surface area (Å²) in [7, 11) is 0. The zero-order chi connectivity index (χ0) is 18.8. The average molecular weight is 366 g/mol. The van der Waals surface area contributed by atoms with Crippen LogP contribution in [0.5, 0.6) is 0 Å². The highest BCUT2D eigenvalue weighted by Gasteiger charge is 2.20. The third-order valence-electron chi connectivity index (χ3n) is 5.27. The molecule has 1 fully saturated rings. The predicted octanol–water partition coefficient (Wildman–Crippen LogP) is 2.46. The molecular formula is C21H22N2O4. The van der Waals surface area contributed by atoms with E-state index < -0.39 is 11.5 Å². The number of likely N-dealkylation sites (tertiary alicyclic amines) is 1. The fraction of sp³-hybridized carbons (Fsp3) is 0.381. The first-order chi connectivity index (χ1) is 13.1. The van der Waals surface area contributed by atoms with Gasteiger partial charge in [0.25, 0.3) is 11.5 Å². The molecule has 0 unspecified atom stereocenters. The lowest BCUT2D eigenvalue weighted by Gasteiger charge is -2.15. The molecule has 0 atom stereocenters. The number of carbonyl (C=O) groups excluding carboxylic acids is 2. The van der Waals surface area contributed by atoms with E-state index in [1.807, 2.05) is 4.90 Å². The predicted molar refractivity (Wildman–Crippen MR) is 99.8 cm³/mol. The topological polar surface area (TPSA) is 79.5 Å². The monoisotopic (exact) mass is 366 g/mol. The number of hydrogen-bond donors (Lipinski definition) is 1. The molecule has 1 aromatic heterocycles. The molecule has 1 aliphatic carbocycles. The summed E-state index contributed by atoms with van der Waals surface area (Å²) in [5, 5.41) is 0. The summed E-state index contributed by atoms with van der Waals surface area (Å²) in [6, 6.07) is 8.73. The van der Waals surface area contributed by atoms with Crippen LogP contribution in [0, 0.1) is 0 Å². The van der Waals surface area contributed by atoms with Crippen LogP contribution >= 0.6 is 0 Å². The minimum atomic E-state index is -0.622. The van der Waals surface area contributed by atoms with E-state index >= 15 is 0 Å². The zero-order valence-corrected chi connectivity index (χ0v) is 15.1. The van der Waals surface area contributed by atoms with Crippen molar-refractivity contribution >= 4 is 11.9 Å². The van der Waals surface area contributed by atoms with Gasteiger partial charge in [-0.05, 0) is 61.4 Å². The number of aromatic nitrogens is 1. The van der Waals surface area contributed by atoms with E-state index in [0.29, 0.717) is 5.56 Å². The Labute approximate surface area is 157 Å². The maximum absolute atomic E-state index is 12.3. The van der Waals surface area contributed by atoms with Crippen molar-refractivity contribution in [3.05, 3.63) is 68.6 Å². The van der Waals surface area contributed by atoms with Crippen molar-refractivity contribution in [2.75, 3.05) is 13.1 Å². The molecule has 27 heavy (non-hydrogen) atoms. The summed E-state index contributed by atoms with van der Waals surface area (Å²) >= 11 is 0. The summed E-state index contributed by atoms with van der Waals surface area (Å²) < 4.78 is 5.30. The molecule has 1 amide bonds. The van der Waals surface area contributed by atoms with Gasteiger partial charge in [-0.3, -0.25) is 9.59 Å². The molecule has 2 heterocycles. The van der Waals surface area contributed by atoms with Crippen LogP contribution < -0.4 is 5.56 Å². The number of hydrogen-bond acceptors (Lipinski definition) is 4. The van der Waals surface area contributed by atoms with Crippen LogP contribution in [0.3, 0.4) is 0 Å². The number of aromatic amines is 1. The lowest BCUT2D eigenvalue weighted by Crippen LogP contribution is -2.27. The first-order valence-electron chi connectivity index (χ1n) is 9.42. The van der Waals surface area contributed by atoms with Gasteiger partial charge in [-0.25, -0.2) is 4.79 Å². The number of rotatable bonds is 4. The Hall–Kier alpha value is -2.89. The van der Waals surface area contributed by atoms with E-state index in [9.17, 15) is 14.4 Å². The number of ether oxygens (including phenoxy) is 1. The van der Waals surface area contributed by atoms with E-state index in [4.69, 9.17) is 4.74 Å². The number of fused-ring (bicyclic) bond motifs is 1. The highest BCUT2D eigenvalue weighted by Crippen LogP contribution is 2.19. The molecule has 4 rings (SSSR count). The summed E-state index contributed by atoms with van der Waals surface area (Å²) in [6.45, 7) is 1.69. The van der Waals surface area contributed by atoms with Gasteiger partial charge in [0.2, 0.25) is 0 Å². The third kappa shape index (κ3) is 3.65. The summed E-state index contributed by atoms with van der Waals surface area (Å²) in [5.74, 6) is -0.580. The maximum atomic E-state index is 12.3. The number of aryl methyl sites for hydroxylation is 2. The molecule has 1 N–H and O–H groups in total. The van der Waals surface area contributed by atoms with Crippen molar-refractivity contribution in [2.24, 2.45) is 0 Å². The molecule has 1 saturated heterocycles. The van der Waals surface area contributed by atoms with Crippen LogP contribution in [-0.2, 0) is 24.2 Å². The lowest BCUT2D eigenvalue weighted by molar-refractivity contribution is 0.0470. The summed E-state index contributed by atoms with van der Waals surface area (Å²) in [4.78, 5) is 41.3. The standard InChI is InChI=1S/C21H22N2O4/c24-19-17(12-16-4-3-5-18(16)22-19)21(26)27-13-14-6-8-15(9-7-14)20(25)23-10-1-2-11-23/h6-9,12H,1-5,10-11,13H2,(H,22,24). The zero-order valence-electron chi connectivity index (χ0n) is 15.1. The van der Waals surface area contributed by atoms with Crippen LogP contribution in [0.4, 0.5) is 0 Å². The Balaban J connectivity index is 1.39. The Morgan fingerprint density at radius 1 is 1.04 bits per heavy atom. The smallest absolute Gasteiger partial charge is 0.344 e. The normalized spacial score (nSPS) is 15.6. The Kier molecular flexibility index (Phi) is 4.79. The average Bonchev–Trinajstić information content (AvgIpc) is 3.37. The minimum absolute atomic E-state index is 0.0423. The highest BCUT2D eigenvalue weighted by atomic mass is 16.5. The van der Waals surface area contributed by atoms with Crippen molar-refractivity contribution in [1.29, 1.82) is 0 Å². The fourth-order valence-electron chi connectivity index (χ4n) is 3.74. The second-order valence-corrected chi connectivity index (χ2v) is 7.14. The minimum Gasteiger partial charge on any atom is -0.457 e. The molecule has 0 bridgehead atoms. The van der Waals surface area contributed by atoms with Crippen molar-refractivity contribution < 1.29 is 14.3 Å². The quantitative estimate of drug-likeness (QED) is 0.843. The van der Waals surface area contributed by atoms with Crippen LogP contribution in [0.2, 0.25) is 0 Å². The highest BCUT2D eigenvalue weighted by molar-refractivity contribution is 5.94. The number of esters is 1. The van der Waals surface area contributed by atoms with Crippen LogP contribution in [0.1, 0.15) is 56.8 Å². The molecular weight excluding hydrogens is 344 g/mol. The molecule has 0 radical (unpaired) electrons. The number of nitrogens with one attached hydrogen (secondary N) is 1. The van der Waals surface area contributed by atoms with Gasteiger partial charge in [0, 0.05) is 24.3 Å². The molecule has 140 valence electrons. The Morgan fingerprint density at radius 2 is 1.78 bits per heavy atom. The summed E-state index contributed by atoms with van der Waals surface area (Å²) in [5.41, 5.74) is 3.02. The number of H-pyrrole nitrogens is 1. The number of carbonyl (C=O) groups is 2. The van der Waals surface area contributed by atoms with E-state index in [2.05, 4.69) is 4.98 Å². The number of amides is 1. The lowest BCUT2D eigenvalue weighted by atomic mass is 10.1. The van der Waals surface area contributed by atoms with Gasteiger partial charge < -0.3 is 14.6 Å². The van der Waals surface area contributed by atoms with Crippen LogP contribution in [-0.4, -0.2) is 34.8 Å². The van der Waals surface area contributed by atoms with Gasteiger partial charge in [0.1, 0.15) is 12.2 Å². The second kappa shape index (κ2) is 7.39. The van der Waals surface area contributed by atoms with Crippen LogP contribution in [0.15, 0.2) is 35.1 Å². The van der Waals surface area contributed by atoms with Gasteiger partial charge in [0.15, 0.2) is 0 Å². The molecule has 6 heteroatoms.